The lowest BCUT2D eigenvalue weighted by molar-refractivity contribution is -0.250. The molecule has 9 heteroatoms. The second kappa shape index (κ2) is 5.10. The number of halogens is 5. The first-order valence-electron chi connectivity index (χ1n) is 5.58. The molecular weight excluding hydrogens is 275 g/mol. The zero-order valence-electron chi connectivity index (χ0n) is 10.5. The summed E-state index contributed by atoms with van der Waals surface area (Å²) in [4.78, 5) is 12.6. The Balaban J connectivity index is 2.87. The normalized spacial score (nSPS) is 20.9. The van der Waals surface area contributed by atoms with Crippen molar-refractivity contribution in [1.82, 2.24) is 10.2 Å². The molecule has 0 saturated carbocycles. The van der Waals surface area contributed by atoms with Crippen LogP contribution in [0, 0.1) is 0 Å². The number of alkyl halides is 5. The summed E-state index contributed by atoms with van der Waals surface area (Å²) < 4.78 is 69.7. The molecule has 1 aliphatic heterocycles. The average Bonchev–Trinajstić information content (AvgIpc) is 2.27. The highest BCUT2D eigenvalue weighted by atomic mass is 19.4. The Kier molecular flexibility index (Phi) is 4.28. The second-order valence-electron chi connectivity index (χ2n) is 4.54. The molecule has 1 N–H and O–H groups in total. The summed E-state index contributed by atoms with van der Waals surface area (Å²) in [6.45, 7) is 0.854. The zero-order chi connectivity index (χ0) is 14.9. The van der Waals surface area contributed by atoms with Gasteiger partial charge < -0.3 is 15.0 Å². The molecule has 112 valence electrons. The van der Waals surface area contributed by atoms with Gasteiger partial charge in [0.25, 0.3) is 5.92 Å². The maximum Gasteiger partial charge on any atom is 0.417 e. The van der Waals surface area contributed by atoms with E-state index in [9.17, 15) is 26.7 Å². The molecule has 0 aromatic heterocycles. The fourth-order valence-electron chi connectivity index (χ4n) is 1.49. The van der Waals surface area contributed by atoms with Crippen LogP contribution in [0.15, 0.2) is 0 Å². The molecule has 0 spiro atoms. The van der Waals surface area contributed by atoms with E-state index < -0.39 is 23.7 Å². The summed E-state index contributed by atoms with van der Waals surface area (Å²) in [7, 11) is 0. The number of rotatable bonds is 2. The van der Waals surface area contributed by atoms with Gasteiger partial charge in [-0.1, -0.05) is 0 Å². The molecule has 1 atom stereocenters. The first-order chi connectivity index (χ1) is 8.49. The van der Waals surface area contributed by atoms with Gasteiger partial charge in [-0.2, -0.15) is 13.2 Å². The molecular formula is C10H15F5N2O2. The number of amides is 2. The van der Waals surface area contributed by atoms with E-state index in [2.05, 4.69) is 0 Å². The van der Waals surface area contributed by atoms with Crippen LogP contribution in [0.5, 0.6) is 0 Å². The number of morpholine rings is 1. The van der Waals surface area contributed by atoms with Gasteiger partial charge in [-0.25, -0.2) is 13.6 Å². The van der Waals surface area contributed by atoms with Crippen molar-refractivity contribution in [1.29, 1.82) is 0 Å². The van der Waals surface area contributed by atoms with Gasteiger partial charge in [0.05, 0.1) is 13.2 Å². The van der Waals surface area contributed by atoms with Crippen molar-refractivity contribution in [3.05, 3.63) is 0 Å². The van der Waals surface area contributed by atoms with Crippen molar-refractivity contribution in [2.75, 3.05) is 26.3 Å². The number of nitrogens with zero attached hydrogens (tertiary/aromatic N) is 1. The van der Waals surface area contributed by atoms with Gasteiger partial charge in [0.15, 0.2) is 5.54 Å². The van der Waals surface area contributed by atoms with Crippen LogP contribution in [-0.4, -0.2) is 54.9 Å². The highest BCUT2D eigenvalue weighted by molar-refractivity contribution is 5.75. The number of carbonyl (C=O) groups is 1. The molecule has 1 rings (SSSR count). The molecule has 0 radical (unpaired) electrons. The monoisotopic (exact) mass is 290 g/mol. The van der Waals surface area contributed by atoms with E-state index in [-0.39, 0.29) is 40.2 Å². The minimum Gasteiger partial charge on any atom is -0.378 e. The van der Waals surface area contributed by atoms with Gasteiger partial charge in [-0.05, 0) is 6.92 Å². The lowest BCUT2D eigenvalue weighted by atomic mass is 9.94. The van der Waals surface area contributed by atoms with E-state index in [0.29, 0.717) is 0 Å². The number of ether oxygens (including phenoxy) is 1. The molecule has 0 aliphatic carbocycles. The van der Waals surface area contributed by atoms with E-state index in [1.807, 2.05) is 0 Å². The molecule has 1 aliphatic rings. The van der Waals surface area contributed by atoms with Gasteiger partial charge in [0, 0.05) is 20.0 Å². The molecule has 19 heavy (non-hydrogen) atoms. The van der Waals surface area contributed by atoms with E-state index >= 15 is 0 Å². The topological polar surface area (TPSA) is 41.6 Å². The van der Waals surface area contributed by atoms with E-state index in [4.69, 9.17) is 4.74 Å². The summed E-state index contributed by atoms with van der Waals surface area (Å²) in [5.74, 6) is -4.15. The van der Waals surface area contributed by atoms with Crippen molar-refractivity contribution >= 4 is 6.03 Å². The number of urea groups is 1. The Morgan fingerprint density at radius 3 is 1.95 bits per heavy atom. The second-order valence-corrected chi connectivity index (χ2v) is 4.54. The fraction of sp³-hybridized carbons (Fsp3) is 0.900. The maximum atomic E-state index is 13.2. The molecule has 0 aromatic rings. The highest BCUT2D eigenvalue weighted by Crippen LogP contribution is 2.41. The first kappa shape index (κ1) is 15.9. The summed E-state index contributed by atoms with van der Waals surface area (Å²) in [6, 6.07) is -1.18. The average molecular weight is 290 g/mol. The first-order valence-corrected chi connectivity index (χ1v) is 5.58. The third-order valence-electron chi connectivity index (χ3n) is 3.10. The molecule has 4 nitrogen and oxygen atoms in total. The molecule has 2 amide bonds. The van der Waals surface area contributed by atoms with Crippen LogP contribution in [0.25, 0.3) is 0 Å². The maximum absolute atomic E-state index is 13.2. The SMILES string of the molecule is CC(F)(F)C(C)(NC(=O)N1CCOCC1)C(F)(F)F. The van der Waals surface area contributed by atoms with Crippen molar-refractivity contribution in [3.63, 3.8) is 0 Å². The summed E-state index contributed by atoms with van der Waals surface area (Å²) >= 11 is 0. The third-order valence-corrected chi connectivity index (χ3v) is 3.10. The van der Waals surface area contributed by atoms with Gasteiger partial charge in [-0.15, -0.1) is 0 Å². The van der Waals surface area contributed by atoms with Crippen molar-refractivity contribution in [2.45, 2.75) is 31.5 Å². The Hall–Kier alpha value is -1.12. The molecule has 1 fully saturated rings. The van der Waals surface area contributed by atoms with Crippen molar-refractivity contribution < 1.29 is 31.5 Å². The molecule has 1 heterocycles. The lowest BCUT2D eigenvalue weighted by Gasteiger charge is -2.39. The van der Waals surface area contributed by atoms with Crippen LogP contribution >= 0.6 is 0 Å². The van der Waals surface area contributed by atoms with E-state index in [0.717, 1.165) is 4.90 Å². The standard InChI is InChI=1S/C10H15F5N2O2/c1-8(9(2,11)12,10(13,14)15)16-7(18)17-3-5-19-6-4-17/h3-6H2,1-2H3,(H,16,18). The zero-order valence-corrected chi connectivity index (χ0v) is 10.5. The largest absolute Gasteiger partial charge is 0.417 e. The van der Waals surface area contributed by atoms with Crippen LogP contribution in [0.1, 0.15) is 13.8 Å². The van der Waals surface area contributed by atoms with Gasteiger partial charge in [0.2, 0.25) is 0 Å². The molecule has 0 aromatic carbocycles. The van der Waals surface area contributed by atoms with Crippen LogP contribution in [-0.2, 0) is 4.74 Å². The minimum absolute atomic E-state index is 0.0645. The quantitative estimate of drug-likeness (QED) is 0.790. The van der Waals surface area contributed by atoms with E-state index in [1.54, 1.807) is 0 Å². The van der Waals surface area contributed by atoms with Crippen molar-refractivity contribution in [3.8, 4) is 0 Å². The molecule has 0 bridgehead atoms. The van der Waals surface area contributed by atoms with Crippen LogP contribution in [0.4, 0.5) is 26.7 Å². The van der Waals surface area contributed by atoms with Gasteiger partial charge >= 0.3 is 12.2 Å². The smallest absolute Gasteiger partial charge is 0.378 e. The predicted octanol–water partition coefficient (Wildman–Crippen LogP) is 2.00. The minimum atomic E-state index is -5.27. The van der Waals surface area contributed by atoms with Gasteiger partial charge in [0.1, 0.15) is 0 Å². The lowest BCUT2D eigenvalue weighted by Crippen LogP contribution is -2.68. The number of hydrogen-bond donors (Lipinski definition) is 1. The predicted molar refractivity (Wildman–Crippen MR) is 56.0 cm³/mol. The third kappa shape index (κ3) is 3.26. The Labute approximate surface area is 106 Å². The molecule has 1 saturated heterocycles. The summed E-state index contributed by atoms with van der Waals surface area (Å²) in [5, 5.41) is 1.40. The summed E-state index contributed by atoms with van der Waals surface area (Å²) in [5.41, 5.74) is -3.62. The van der Waals surface area contributed by atoms with Crippen LogP contribution in [0.3, 0.4) is 0 Å². The van der Waals surface area contributed by atoms with Gasteiger partial charge in [-0.3, -0.25) is 0 Å². The number of hydrogen-bond acceptors (Lipinski definition) is 2. The number of carbonyl (C=O) groups excluding carboxylic acids is 1. The van der Waals surface area contributed by atoms with Crippen LogP contribution < -0.4 is 5.32 Å². The highest BCUT2D eigenvalue weighted by Gasteiger charge is 2.65. The fourth-order valence-corrected chi connectivity index (χ4v) is 1.49. The Bertz CT molecular complexity index is 320. The summed E-state index contributed by atoms with van der Waals surface area (Å²) in [6.07, 6.45) is -5.27. The molecule has 1 unspecified atom stereocenters. The van der Waals surface area contributed by atoms with Crippen LogP contribution in [0.2, 0.25) is 0 Å². The van der Waals surface area contributed by atoms with Crippen molar-refractivity contribution in [2.24, 2.45) is 0 Å². The Morgan fingerprint density at radius 2 is 1.58 bits per heavy atom. The Morgan fingerprint density at radius 1 is 1.11 bits per heavy atom. The number of nitrogens with one attached hydrogen (secondary N) is 1. The van der Waals surface area contributed by atoms with E-state index in [1.165, 1.54) is 5.32 Å².